The number of carbonyl (C=O) groups is 1. The lowest BCUT2D eigenvalue weighted by Gasteiger charge is -2.29. The molecule has 1 fully saturated rings. The lowest BCUT2D eigenvalue weighted by molar-refractivity contribution is -0.128. The molecule has 2 aromatic carbocycles. The van der Waals surface area contributed by atoms with E-state index in [0.29, 0.717) is 17.4 Å². The molecule has 0 amide bonds. The summed E-state index contributed by atoms with van der Waals surface area (Å²) in [5, 5.41) is 0.619. The number of halogens is 3. The number of para-hydroxylation sites is 1. The summed E-state index contributed by atoms with van der Waals surface area (Å²) in [5.41, 5.74) is 0.970. The highest BCUT2D eigenvalue weighted by Crippen LogP contribution is 2.54. The molecule has 150 valence electrons. The van der Waals surface area contributed by atoms with E-state index in [1.54, 1.807) is 25.1 Å². The molecule has 3 aromatic rings. The lowest BCUT2D eigenvalue weighted by atomic mass is 9.74. The molecular formula is C24H22F3NO. The van der Waals surface area contributed by atoms with Crippen molar-refractivity contribution in [3.05, 3.63) is 77.7 Å². The number of carbonyl (C=O) groups excluding carboxylic acids is 1. The van der Waals surface area contributed by atoms with Crippen LogP contribution in [-0.2, 0) is 17.6 Å². The zero-order valence-electron chi connectivity index (χ0n) is 16.2. The molecular weight excluding hydrogens is 375 g/mol. The Morgan fingerprint density at radius 1 is 1.14 bits per heavy atom. The molecule has 0 N–H and O–H groups in total. The summed E-state index contributed by atoms with van der Waals surface area (Å²) in [7, 11) is 0. The third-order valence-electron chi connectivity index (χ3n) is 5.85. The molecule has 1 heterocycles. The van der Waals surface area contributed by atoms with Crippen LogP contribution in [0.2, 0.25) is 0 Å². The third-order valence-corrected chi connectivity index (χ3v) is 5.85. The fourth-order valence-corrected chi connectivity index (χ4v) is 4.03. The molecule has 29 heavy (non-hydrogen) atoms. The second-order valence-corrected chi connectivity index (χ2v) is 8.34. The SMILES string of the molecule is CC(Cc1ccccc1)(CC1CC1(F)F)C(=O)Cc1cnc2c(F)cccc2c1. The Bertz CT molecular complexity index is 1050. The van der Waals surface area contributed by atoms with Gasteiger partial charge in [0, 0.05) is 35.8 Å². The smallest absolute Gasteiger partial charge is 0.251 e. The minimum atomic E-state index is -2.67. The number of hydrogen-bond acceptors (Lipinski definition) is 2. The van der Waals surface area contributed by atoms with E-state index < -0.39 is 23.1 Å². The molecule has 1 aromatic heterocycles. The zero-order chi connectivity index (χ0) is 20.6. The summed E-state index contributed by atoms with van der Waals surface area (Å²) in [5.74, 6) is -3.92. The highest BCUT2D eigenvalue weighted by atomic mass is 19.3. The first-order chi connectivity index (χ1) is 13.8. The number of fused-ring (bicyclic) bond motifs is 1. The Balaban J connectivity index is 1.59. The molecule has 1 aliphatic carbocycles. The Hall–Kier alpha value is -2.69. The molecule has 4 rings (SSSR count). The van der Waals surface area contributed by atoms with Crippen LogP contribution in [0, 0.1) is 17.2 Å². The van der Waals surface area contributed by atoms with Crippen LogP contribution in [0.25, 0.3) is 10.9 Å². The third kappa shape index (κ3) is 4.19. The van der Waals surface area contributed by atoms with E-state index in [1.165, 1.54) is 12.3 Å². The first-order valence-electron chi connectivity index (χ1n) is 9.75. The van der Waals surface area contributed by atoms with Gasteiger partial charge in [0.05, 0.1) is 0 Å². The van der Waals surface area contributed by atoms with Crippen LogP contribution in [0.15, 0.2) is 60.8 Å². The van der Waals surface area contributed by atoms with Gasteiger partial charge in [0.2, 0.25) is 0 Å². The maximum Gasteiger partial charge on any atom is 0.251 e. The van der Waals surface area contributed by atoms with E-state index in [4.69, 9.17) is 0 Å². The van der Waals surface area contributed by atoms with Gasteiger partial charge in [-0.2, -0.15) is 0 Å². The second-order valence-electron chi connectivity index (χ2n) is 8.34. The van der Waals surface area contributed by atoms with Crippen LogP contribution in [0.4, 0.5) is 13.2 Å². The number of hydrogen-bond donors (Lipinski definition) is 0. The van der Waals surface area contributed by atoms with Gasteiger partial charge in [-0.25, -0.2) is 13.2 Å². The number of pyridine rings is 1. The van der Waals surface area contributed by atoms with Gasteiger partial charge in [-0.1, -0.05) is 49.4 Å². The van der Waals surface area contributed by atoms with Gasteiger partial charge in [0.25, 0.3) is 5.92 Å². The highest BCUT2D eigenvalue weighted by molar-refractivity contribution is 5.88. The van der Waals surface area contributed by atoms with Crippen molar-refractivity contribution in [1.82, 2.24) is 4.98 Å². The Labute approximate surface area is 167 Å². The van der Waals surface area contributed by atoms with Crippen LogP contribution >= 0.6 is 0 Å². The molecule has 0 aliphatic heterocycles. The summed E-state index contributed by atoms with van der Waals surface area (Å²) in [6.07, 6.45) is 2.00. The van der Waals surface area contributed by atoms with Gasteiger partial charge in [-0.15, -0.1) is 0 Å². The predicted octanol–water partition coefficient (Wildman–Crippen LogP) is 5.78. The molecule has 0 spiro atoms. The van der Waals surface area contributed by atoms with E-state index in [1.807, 2.05) is 30.3 Å². The maximum absolute atomic E-state index is 13.8. The molecule has 2 atom stereocenters. The van der Waals surface area contributed by atoms with Gasteiger partial charge in [-0.3, -0.25) is 9.78 Å². The molecule has 0 radical (unpaired) electrons. The minimum Gasteiger partial charge on any atom is -0.299 e. The highest BCUT2D eigenvalue weighted by Gasteiger charge is 2.59. The van der Waals surface area contributed by atoms with Crippen molar-refractivity contribution in [3.8, 4) is 0 Å². The number of alkyl halides is 2. The molecule has 1 aliphatic rings. The first kappa shape index (κ1) is 19.6. The molecule has 0 saturated heterocycles. The van der Waals surface area contributed by atoms with Crippen LogP contribution in [-0.4, -0.2) is 16.7 Å². The summed E-state index contributed by atoms with van der Waals surface area (Å²) < 4.78 is 41.1. The predicted molar refractivity (Wildman–Crippen MR) is 106 cm³/mol. The van der Waals surface area contributed by atoms with Crippen molar-refractivity contribution in [3.63, 3.8) is 0 Å². The minimum absolute atomic E-state index is 0.0844. The van der Waals surface area contributed by atoms with E-state index in [2.05, 4.69) is 4.98 Å². The number of aromatic nitrogens is 1. The number of benzene rings is 2. The average Bonchev–Trinajstić information content (AvgIpc) is 3.27. The van der Waals surface area contributed by atoms with Crippen molar-refractivity contribution >= 4 is 16.7 Å². The number of rotatable bonds is 7. The van der Waals surface area contributed by atoms with Crippen molar-refractivity contribution in [2.24, 2.45) is 11.3 Å². The van der Waals surface area contributed by atoms with Crippen molar-refractivity contribution < 1.29 is 18.0 Å². The molecule has 1 saturated carbocycles. The van der Waals surface area contributed by atoms with Gasteiger partial charge >= 0.3 is 0 Å². The Kier molecular flexibility index (Phi) is 4.93. The van der Waals surface area contributed by atoms with Crippen molar-refractivity contribution in [2.45, 2.75) is 38.5 Å². The van der Waals surface area contributed by atoms with Gasteiger partial charge in [0.1, 0.15) is 17.1 Å². The largest absolute Gasteiger partial charge is 0.299 e. The lowest BCUT2D eigenvalue weighted by Crippen LogP contribution is -2.33. The van der Waals surface area contributed by atoms with Gasteiger partial charge < -0.3 is 0 Å². The van der Waals surface area contributed by atoms with Crippen LogP contribution in [0.3, 0.4) is 0 Å². The number of ketones is 1. The van der Waals surface area contributed by atoms with Gasteiger partial charge in [-0.05, 0) is 36.1 Å². The maximum atomic E-state index is 13.8. The normalized spacial score (nSPS) is 19.7. The van der Waals surface area contributed by atoms with E-state index in [0.717, 1.165) is 5.56 Å². The summed E-state index contributed by atoms with van der Waals surface area (Å²) in [6, 6.07) is 15.9. The second kappa shape index (κ2) is 7.29. The summed E-state index contributed by atoms with van der Waals surface area (Å²) >= 11 is 0. The van der Waals surface area contributed by atoms with Gasteiger partial charge in [0.15, 0.2) is 0 Å². The van der Waals surface area contributed by atoms with Crippen molar-refractivity contribution in [1.29, 1.82) is 0 Å². The molecule has 2 unspecified atom stereocenters. The topological polar surface area (TPSA) is 30.0 Å². The fraction of sp³-hybridized carbons (Fsp3) is 0.333. The van der Waals surface area contributed by atoms with E-state index in [-0.39, 0.29) is 30.6 Å². The van der Waals surface area contributed by atoms with Crippen LogP contribution in [0.5, 0.6) is 0 Å². The first-order valence-corrected chi connectivity index (χ1v) is 9.75. The summed E-state index contributed by atoms with van der Waals surface area (Å²) in [6.45, 7) is 1.78. The van der Waals surface area contributed by atoms with Crippen molar-refractivity contribution in [2.75, 3.05) is 0 Å². The Morgan fingerprint density at radius 2 is 1.86 bits per heavy atom. The van der Waals surface area contributed by atoms with E-state index in [9.17, 15) is 18.0 Å². The molecule has 0 bridgehead atoms. The number of Topliss-reactive ketones (excluding diaryl/α,β-unsaturated/α-hetero) is 1. The standard InChI is InChI=1S/C24H22F3NO/c1-23(13-19-14-24(19,26)27,12-16-6-3-2-4-7-16)21(29)11-17-10-18-8-5-9-20(25)22(18)28-15-17/h2-10,15,19H,11-14H2,1H3. The summed E-state index contributed by atoms with van der Waals surface area (Å²) in [4.78, 5) is 17.4. The van der Waals surface area contributed by atoms with Crippen LogP contribution < -0.4 is 0 Å². The monoisotopic (exact) mass is 397 g/mol. The Morgan fingerprint density at radius 3 is 2.55 bits per heavy atom. The number of nitrogens with zero attached hydrogens (tertiary/aromatic N) is 1. The van der Waals surface area contributed by atoms with Crippen LogP contribution in [0.1, 0.15) is 30.9 Å². The van der Waals surface area contributed by atoms with E-state index >= 15 is 0 Å². The average molecular weight is 397 g/mol. The quantitative estimate of drug-likeness (QED) is 0.506. The molecule has 5 heteroatoms. The molecule has 2 nitrogen and oxygen atoms in total. The fourth-order valence-electron chi connectivity index (χ4n) is 4.03. The zero-order valence-corrected chi connectivity index (χ0v) is 16.2.